The van der Waals surface area contributed by atoms with E-state index in [1.807, 2.05) is 61.5 Å². The van der Waals surface area contributed by atoms with Crippen molar-refractivity contribution in [3.8, 4) is 17.2 Å². The number of carbonyl (C=O) groups is 2. The first-order valence-corrected chi connectivity index (χ1v) is 13.3. The van der Waals surface area contributed by atoms with Crippen molar-refractivity contribution in [2.75, 3.05) is 20.3 Å². The molecule has 36 heavy (non-hydrogen) atoms. The minimum absolute atomic E-state index is 0.175. The number of benzene rings is 3. The van der Waals surface area contributed by atoms with Crippen molar-refractivity contribution in [1.82, 2.24) is 4.90 Å². The summed E-state index contributed by atoms with van der Waals surface area (Å²) < 4.78 is 18.1. The third kappa shape index (κ3) is 6.54. The Balaban J connectivity index is 1.43. The molecule has 4 rings (SSSR count). The van der Waals surface area contributed by atoms with Gasteiger partial charge in [-0.15, -0.1) is 0 Å². The van der Waals surface area contributed by atoms with E-state index < -0.39 is 0 Å². The average molecular weight is 636 g/mol. The molecule has 6 nitrogen and oxygen atoms in total. The number of methoxy groups -OCH3 is 1. The van der Waals surface area contributed by atoms with Gasteiger partial charge in [0.1, 0.15) is 19.0 Å². The molecule has 9 heteroatoms. The molecule has 0 aromatic heterocycles. The van der Waals surface area contributed by atoms with Gasteiger partial charge in [-0.05, 0) is 100 Å². The van der Waals surface area contributed by atoms with E-state index in [4.69, 9.17) is 25.8 Å². The number of halogens is 2. The molecular weight excluding hydrogens is 613 g/mol. The number of aryl methyl sites for hydroxylation is 1. The SMILES string of the molecule is COc1cc(/C=C2\SC(=O)N(CCOc3cccc(C)c3)C2=O)cc(I)c1OCc1ccc(Cl)cc1. The summed E-state index contributed by atoms with van der Waals surface area (Å²) in [4.78, 5) is 26.9. The van der Waals surface area contributed by atoms with E-state index in [1.165, 1.54) is 4.90 Å². The van der Waals surface area contributed by atoms with Gasteiger partial charge in [-0.1, -0.05) is 35.9 Å². The molecule has 0 N–H and O–H groups in total. The van der Waals surface area contributed by atoms with Crippen LogP contribution in [-0.4, -0.2) is 36.3 Å². The van der Waals surface area contributed by atoms with Crippen LogP contribution in [0.15, 0.2) is 65.6 Å². The third-order valence-electron chi connectivity index (χ3n) is 5.29. The lowest BCUT2D eigenvalue weighted by Gasteiger charge is -2.14. The summed E-state index contributed by atoms with van der Waals surface area (Å²) in [6, 6.07) is 18.7. The summed E-state index contributed by atoms with van der Waals surface area (Å²) in [7, 11) is 1.56. The van der Waals surface area contributed by atoms with Gasteiger partial charge in [0.15, 0.2) is 11.5 Å². The van der Waals surface area contributed by atoms with Crippen LogP contribution in [0.25, 0.3) is 6.08 Å². The van der Waals surface area contributed by atoms with Crippen LogP contribution >= 0.6 is 46.0 Å². The maximum atomic E-state index is 12.9. The number of hydrogen-bond donors (Lipinski definition) is 0. The number of rotatable bonds is 9. The Kier molecular flexibility index (Phi) is 8.81. The monoisotopic (exact) mass is 635 g/mol. The van der Waals surface area contributed by atoms with Crippen molar-refractivity contribution in [3.63, 3.8) is 0 Å². The molecule has 1 aliphatic heterocycles. The molecule has 0 aliphatic carbocycles. The highest BCUT2D eigenvalue weighted by Gasteiger charge is 2.35. The van der Waals surface area contributed by atoms with Gasteiger partial charge in [-0.3, -0.25) is 14.5 Å². The lowest BCUT2D eigenvalue weighted by atomic mass is 10.1. The van der Waals surface area contributed by atoms with E-state index in [-0.39, 0.29) is 24.3 Å². The van der Waals surface area contributed by atoms with E-state index in [9.17, 15) is 9.59 Å². The topological polar surface area (TPSA) is 65.1 Å². The Morgan fingerprint density at radius 1 is 1.06 bits per heavy atom. The first kappa shape index (κ1) is 26.4. The van der Waals surface area contributed by atoms with Crippen LogP contribution in [0, 0.1) is 10.5 Å². The predicted molar refractivity (Wildman–Crippen MR) is 151 cm³/mol. The molecule has 1 heterocycles. The lowest BCUT2D eigenvalue weighted by Crippen LogP contribution is -2.32. The molecule has 0 spiro atoms. The highest BCUT2D eigenvalue weighted by molar-refractivity contribution is 14.1. The number of hydrogen-bond acceptors (Lipinski definition) is 6. The number of ether oxygens (including phenoxy) is 3. The Morgan fingerprint density at radius 2 is 1.83 bits per heavy atom. The molecule has 0 radical (unpaired) electrons. The van der Waals surface area contributed by atoms with Gasteiger partial charge in [0.25, 0.3) is 11.1 Å². The van der Waals surface area contributed by atoms with Crippen molar-refractivity contribution >= 4 is 63.2 Å². The van der Waals surface area contributed by atoms with Gasteiger partial charge in [0.2, 0.25) is 0 Å². The van der Waals surface area contributed by atoms with Gasteiger partial charge >= 0.3 is 0 Å². The second kappa shape index (κ2) is 12.0. The molecule has 3 aromatic carbocycles. The van der Waals surface area contributed by atoms with Crippen molar-refractivity contribution in [3.05, 3.63) is 90.9 Å². The summed E-state index contributed by atoms with van der Waals surface area (Å²) in [5.41, 5.74) is 2.78. The van der Waals surface area contributed by atoms with E-state index in [2.05, 4.69) is 22.6 Å². The minimum Gasteiger partial charge on any atom is -0.493 e. The third-order valence-corrected chi connectivity index (χ3v) is 7.25. The molecule has 3 aromatic rings. The first-order chi connectivity index (χ1) is 17.3. The number of thioether (sulfide) groups is 1. The number of carbonyl (C=O) groups excluding carboxylic acids is 2. The second-order valence-corrected chi connectivity index (χ2v) is 10.5. The van der Waals surface area contributed by atoms with Gasteiger partial charge in [-0.2, -0.15) is 0 Å². The van der Waals surface area contributed by atoms with E-state index in [0.717, 1.165) is 32.0 Å². The van der Waals surface area contributed by atoms with Crippen molar-refractivity contribution in [2.45, 2.75) is 13.5 Å². The van der Waals surface area contributed by atoms with Crippen LogP contribution in [-0.2, 0) is 11.4 Å². The number of imide groups is 1. The normalized spacial score (nSPS) is 14.4. The molecule has 0 saturated carbocycles. The predicted octanol–water partition coefficient (Wildman–Crippen LogP) is 6.96. The fourth-order valence-electron chi connectivity index (χ4n) is 3.50. The molecule has 1 fully saturated rings. The minimum atomic E-state index is -0.338. The maximum Gasteiger partial charge on any atom is 0.293 e. The van der Waals surface area contributed by atoms with Crippen LogP contribution in [0.5, 0.6) is 17.2 Å². The number of amides is 2. The van der Waals surface area contributed by atoms with E-state index in [1.54, 1.807) is 19.3 Å². The summed E-state index contributed by atoms with van der Waals surface area (Å²) in [5, 5.41) is 0.349. The molecule has 1 saturated heterocycles. The van der Waals surface area contributed by atoms with Crippen LogP contribution < -0.4 is 14.2 Å². The fourth-order valence-corrected chi connectivity index (χ4v) is 5.28. The molecule has 2 amide bonds. The second-order valence-electron chi connectivity index (χ2n) is 7.95. The van der Waals surface area contributed by atoms with Crippen LogP contribution in [0.1, 0.15) is 16.7 Å². The Labute approximate surface area is 232 Å². The Hall–Kier alpha value is -2.69. The van der Waals surface area contributed by atoms with Crippen molar-refractivity contribution in [2.24, 2.45) is 0 Å². The van der Waals surface area contributed by atoms with Crippen LogP contribution in [0.3, 0.4) is 0 Å². The molecule has 186 valence electrons. The highest BCUT2D eigenvalue weighted by Crippen LogP contribution is 2.37. The van der Waals surface area contributed by atoms with Crippen LogP contribution in [0.2, 0.25) is 5.02 Å². The Morgan fingerprint density at radius 3 is 2.56 bits per heavy atom. The van der Waals surface area contributed by atoms with Gasteiger partial charge < -0.3 is 14.2 Å². The summed E-state index contributed by atoms with van der Waals surface area (Å²) in [5.74, 6) is 1.51. The first-order valence-electron chi connectivity index (χ1n) is 11.0. The molecule has 1 aliphatic rings. The highest BCUT2D eigenvalue weighted by atomic mass is 127. The summed E-state index contributed by atoms with van der Waals surface area (Å²) in [6.45, 7) is 2.73. The lowest BCUT2D eigenvalue weighted by molar-refractivity contribution is -0.123. The van der Waals surface area contributed by atoms with Crippen molar-refractivity contribution < 1.29 is 23.8 Å². The summed E-state index contributed by atoms with van der Waals surface area (Å²) >= 11 is 9.03. The maximum absolute atomic E-state index is 12.9. The molecule has 0 unspecified atom stereocenters. The zero-order valence-electron chi connectivity index (χ0n) is 19.6. The van der Waals surface area contributed by atoms with Crippen LogP contribution in [0.4, 0.5) is 4.79 Å². The largest absolute Gasteiger partial charge is 0.493 e. The quantitative estimate of drug-likeness (QED) is 0.187. The molecular formula is C27H23ClINO5S. The van der Waals surface area contributed by atoms with Gasteiger partial charge in [0, 0.05) is 5.02 Å². The molecule has 0 bridgehead atoms. The Bertz CT molecular complexity index is 1310. The van der Waals surface area contributed by atoms with Gasteiger partial charge in [0.05, 0.1) is 22.1 Å². The van der Waals surface area contributed by atoms with E-state index in [0.29, 0.717) is 33.8 Å². The zero-order chi connectivity index (χ0) is 25.7. The number of nitrogens with zero attached hydrogens (tertiary/aromatic N) is 1. The van der Waals surface area contributed by atoms with Crippen molar-refractivity contribution in [1.29, 1.82) is 0 Å². The average Bonchev–Trinajstić information content (AvgIpc) is 3.11. The summed E-state index contributed by atoms with van der Waals surface area (Å²) in [6.07, 6.45) is 1.69. The standard InChI is InChI=1S/C27H23ClINO5S/c1-17-4-3-5-21(12-17)34-11-10-30-26(31)24(36-27(30)32)15-19-13-22(29)25(23(14-19)33-2)35-16-18-6-8-20(28)9-7-18/h3-9,12-15H,10-11,16H2,1-2H3/b24-15-. The smallest absolute Gasteiger partial charge is 0.293 e. The van der Waals surface area contributed by atoms with E-state index >= 15 is 0 Å². The zero-order valence-corrected chi connectivity index (χ0v) is 23.4. The van der Waals surface area contributed by atoms with Gasteiger partial charge in [-0.25, -0.2) is 0 Å². The fraction of sp³-hybridized carbons (Fsp3) is 0.185. The molecule has 0 atom stereocenters.